The van der Waals surface area contributed by atoms with E-state index in [4.69, 9.17) is 22.4 Å². The highest BCUT2D eigenvalue weighted by Crippen LogP contribution is 2.26. The second-order valence-corrected chi connectivity index (χ2v) is 4.96. The summed E-state index contributed by atoms with van der Waals surface area (Å²) in [7, 11) is 0. The Balaban J connectivity index is 2.69. The third kappa shape index (κ3) is 4.17. The number of carboxylic acid groups (broad SMARTS) is 1. The maximum Gasteiger partial charge on any atom is 0.321 e. The van der Waals surface area contributed by atoms with Gasteiger partial charge >= 0.3 is 5.97 Å². The minimum absolute atomic E-state index is 0.0317. The first-order valence-electron chi connectivity index (χ1n) is 4.90. The topological polar surface area (TPSA) is 106 Å². The van der Waals surface area contributed by atoms with Crippen molar-refractivity contribution in [2.24, 2.45) is 5.73 Å². The van der Waals surface area contributed by atoms with Gasteiger partial charge in [0.15, 0.2) is 0 Å². The molecule has 3 N–H and O–H groups in total. The normalized spacial score (nSPS) is 12.1. The molecule has 0 amide bonds. The Kier molecular flexibility index (Phi) is 5.39. The number of halogens is 1. The fourth-order valence-corrected chi connectivity index (χ4v) is 2.38. The zero-order valence-corrected chi connectivity index (χ0v) is 10.8. The predicted molar refractivity (Wildman–Crippen MR) is 69.9 cm³/mol. The van der Waals surface area contributed by atoms with E-state index in [-0.39, 0.29) is 17.2 Å². The number of carbonyl (C=O) groups is 1. The lowest BCUT2D eigenvalue weighted by atomic mass is 10.2. The Morgan fingerprint density at radius 1 is 1.61 bits per heavy atom. The van der Waals surface area contributed by atoms with Crippen molar-refractivity contribution >= 4 is 35.0 Å². The number of nitro groups is 1. The van der Waals surface area contributed by atoms with Crippen molar-refractivity contribution in [3.05, 3.63) is 38.9 Å². The Labute approximate surface area is 112 Å². The highest BCUT2D eigenvalue weighted by Gasteiger charge is 2.16. The maximum atomic E-state index is 10.8. The number of rotatable bonds is 6. The summed E-state index contributed by atoms with van der Waals surface area (Å²) in [5.41, 5.74) is 5.75. The monoisotopic (exact) mass is 290 g/mol. The quantitative estimate of drug-likeness (QED) is 0.612. The molecule has 0 aromatic heterocycles. The van der Waals surface area contributed by atoms with Gasteiger partial charge in [0.1, 0.15) is 6.04 Å². The molecule has 0 radical (unpaired) electrons. The van der Waals surface area contributed by atoms with E-state index >= 15 is 0 Å². The summed E-state index contributed by atoms with van der Waals surface area (Å²) in [6.07, 6.45) is 0. The second-order valence-electron chi connectivity index (χ2n) is 3.49. The lowest BCUT2D eigenvalue weighted by Crippen LogP contribution is -2.32. The molecule has 0 heterocycles. The van der Waals surface area contributed by atoms with E-state index in [0.717, 1.165) is 0 Å². The molecule has 0 spiro atoms. The third-order valence-corrected chi connectivity index (χ3v) is 3.46. The number of nitro benzene ring substituents is 1. The van der Waals surface area contributed by atoms with Crippen LogP contribution < -0.4 is 5.73 Å². The molecule has 1 aromatic rings. The molecule has 98 valence electrons. The van der Waals surface area contributed by atoms with Gasteiger partial charge in [-0.25, -0.2) is 0 Å². The van der Waals surface area contributed by atoms with Crippen LogP contribution in [0.25, 0.3) is 0 Å². The average Bonchev–Trinajstić information content (AvgIpc) is 2.28. The first kappa shape index (κ1) is 14.7. The number of hydrogen-bond donors (Lipinski definition) is 2. The molecule has 0 saturated heterocycles. The summed E-state index contributed by atoms with van der Waals surface area (Å²) < 4.78 is 0. The maximum absolute atomic E-state index is 10.8. The van der Waals surface area contributed by atoms with Gasteiger partial charge < -0.3 is 10.8 Å². The number of nitrogens with two attached hydrogens (primary N) is 1. The van der Waals surface area contributed by atoms with Crippen molar-refractivity contribution in [1.29, 1.82) is 0 Å². The number of aliphatic carboxylic acids is 1. The lowest BCUT2D eigenvalue weighted by Gasteiger charge is -2.06. The standard InChI is InChI=1S/C10H11ClN2O4S/c11-7-1-2-9(13(16)17)6(3-7)4-18-5-8(12)10(14)15/h1-3,8H,4-5,12H2,(H,14,15). The Morgan fingerprint density at radius 3 is 2.83 bits per heavy atom. The number of thioether (sulfide) groups is 1. The van der Waals surface area contributed by atoms with Crippen LogP contribution in [0.2, 0.25) is 5.02 Å². The molecule has 1 aromatic carbocycles. The van der Waals surface area contributed by atoms with Crippen molar-refractivity contribution in [2.45, 2.75) is 11.8 Å². The number of nitrogens with zero attached hydrogens (tertiary/aromatic N) is 1. The van der Waals surface area contributed by atoms with E-state index in [0.29, 0.717) is 10.6 Å². The largest absolute Gasteiger partial charge is 0.480 e. The molecule has 1 rings (SSSR count). The summed E-state index contributed by atoms with van der Waals surface area (Å²) in [6, 6.07) is 3.29. The van der Waals surface area contributed by atoms with E-state index < -0.39 is 16.9 Å². The third-order valence-electron chi connectivity index (χ3n) is 2.11. The summed E-state index contributed by atoms with van der Waals surface area (Å²) in [5, 5.41) is 19.8. The Hall–Kier alpha value is -1.31. The van der Waals surface area contributed by atoms with E-state index in [1.54, 1.807) is 0 Å². The first-order valence-corrected chi connectivity index (χ1v) is 6.44. The minimum Gasteiger partial charge on any atom is -0.480 e. The molecule has 0 aliphatic heterocycles. The molecule has 0 saturated carbocycles. The van der Waals surface area contributed by atoms with Crippen LogP contribution in [0.3, 0.4) is 0 Å². The van der Waals surface area contributed by atoms with Crippen LogP contribution in [0.5, 0.6) is 0 Å². The summed E-state index contributed by atoms with van der Waals surface area (Å²) in [4.78, 5) is 20.8. The molecule has 0 fully saturated rings. The Bertz CT molecular complexity index is 469. The second kappa shape index (κ2) is 6.58. The van der Waals surface area contributed by atoms with E-state index in [9.17, 15) is 14.9 Å². The summed E-state index contributed by atoms with van der Waals surface area (Å²) in [6.45, 7) is 0. The number of hydrogen-bond acceptors (Lipinski definition) is 5. The van der Waals surface area contributed by atoms with Gasteiger partial charge in [0.25, 0.3) is 5.69 Å². The van der Waals surface area contributed by atoms with Crippen LogP contribution in [-0.4, -0.2) is 27.8 Å². The summed E-state index contributed by atoms with van der Waals surface area (Å²) in [5.74, 6) is -0.625. The lowest BCUT2D eigenvalue weighted by molar-refractivity contribution is -0.385. The van der Waals surface area contributed by atoms with Gasteiger partial charge in [-0.3, -0.25) is 14.9 Å². The molecular formula is C10H11ClN2O4S. The van der Waals surface area contributed by atoms with Gasteiger partial charge in [0, 0.05) is 28.2 Å². The van der Waals surface area contributed by atoms with Crippen LogP contribution in [0.4, 0.5) is 5.69 Å². The smallest absolute Gasteiger partial charge is 0.321 e. The van der Waals surface area contributed by atoms with Crippen LogP contribution in [0, 0.1) is 10.1 Å². The van der Waals surface area contributed by atoms with Crippen molar-refractivity contribution in [2.75, 3.05) is 5.75 Å². The molecule has 1 atom stereocenters. The first-order chi connectivity index (χ1) is 8.41. The van der Waals surface area contributed by atoms with Crippen LogP contribution in [0.15, 0.2) is 18.2 Å². The molecule has 0 aliphatic rings. The molecule has 18 heavy (non-hydrogen) atoms. The molecular weight excluding hydrogens is 280 g/mol. The van der Waals surface area contributed by atoms with Crippen LogP contribution in [-0.2, 0) is 10.5 Å². The van der Waals surface area contributed by atoms with Gasteiger partial charge in [0.2, 0.25) is 0 Å². The fourth-order valence-electron chi connectivity index (χ4n) is 1.21. The molecule has 1 unspecified atom stereocenters. The molecule has 0 aliphatic carbocycles. The van der Waals surface area contributed by atoms with E-state index in [1.807, 2.05) is 0 Å². The zero-order chi connectivity index (χ0) is 13.7. The molecule has 6 nitrogen and oxygen atoms in total. The van der Waals surface area contributed by atoms with Gasteiger partial charge in [-0.2, -0.15) is 11.8 Å². The van der Waals surface area contributed by atoms with Crippen molar-refractivity contribution in [3.8, 4) is 0 Å². The van der Waals surface area contributed by atoms with Crippen molar-refractivity contribution in [3.63, 3.8) is 0 Å². The molecule has 8 heteroatoms. The van der Waals surface area contributed by atoms with E-state index in [2.05, 4.69) is 0 Å². The summed E-state index contributed by atoms with van der Waals surface area (Å²) >= 11 is 6.98. The van der Waals surface area contributed by atoms with Gasteiger partial charge in [0.05, 0.1) is 4.92 Å². The average molecular weight is 291 g/mol. The van der Waals surface area contributed by atoms with Crippen LogP contribution >= 0.6 is 23.4 Å². The van der Waals surface area contributed by atoms with E-state index in [1.165, 1.54) is 30.0 Å². The minimum atomic E-state index is -1.09. The highest BCUT2D eigenvalue weighted by atomic mass is 35.5. The van der Waals surface area contributed by atoms with Gasteiger partial charge in [-0.05, 0) is 12.1 Å². The van der Waals surface area contributed by atoms with Crippen molar-refractivity contribution in [1.82, 2.24) is 0 Å². The number of benzene rings is 1. The van der Waals surface area contributed by atoms with Crippen LogP contribution in [0.1, 0.15) is 5.56 Å². The number of carboxylic acids is 1. The fraction of sp³-hybridized carbons (Fsp3) is 0.300. The SMILES string of the molecule is NC(CSCc1cc(Cl)ccc1[N+](=O)[O-])C(=O)O. The van der Waals surface area contributed by atoms with Gasteiger partial charge in [-0.15, -0.1) is 0 Å². The highest BCUT2D eigenvalue weighted by molar-refractivity contribution is 7.98. The predicted octanol–water partition coefficient (Wildman–Crippen LogP) is 1.89. The van der Waals surface area contributed by atoms with Gasteiger partial charge in [-0.1, -0.05) is 11.6 Å². The zero-order valence-electron chi connectivity index (χ0n) is 9.21. The van der Waals surface area contributed by atoms with Crippen molar-refractivity contribution < 1.29 is 14.8 Å². The Morgan fingerprint density at radius 2 is 2.28 bits per heavy atom. The molecule has 0 bridgehead atoms.